The third kappa shape index (κ3) is 3.50. The van der Waals surface area contributed by atoms with Crippen LogP contribution in [0, 0.1) is 0 Å². The zero-order valence-electron chi connectivity index (χ0n) is 27.9. The maximum absolute atomic E-state index is 2.51. The van der Waals surface area contributed by atoms with Gasteiger partial charge in [-0.2, -0.15) is 0 Å². The van der Waals surface area contributed by atoms with E-state index in [0.29, 0.717) is 0 Å². The highest BCUT2D eigenvalue weighted by molar-refractivity contribution is 6.23. The van der Waals surface area contributed by atoms with Gasteiger partial charge in [-0.05, 0) is 105 Å². The van der Waals surface area contributed by atoms with Gasteiger partial charge < -0.3 is 0 Å². The second-order valence-corrected chi connectivity index (χ2v) is 14.8. The van der Waals surface area contributed by atoms with E-state index in [1.807, 2.05) is 0 Å². The van der Waals surface area contributed by atoms with Crippen molar-refractivity contribution in [1.29, 1.82) is 0 Å². The molecule has 0 nitrogen and oxygen atoms in total. The maximum atomic E-state index is 2.51. The molecule has 8 aromatic rings. The van der Waals surface area contributed by atoms with Gasteiger partial charge >= 0.3 is 0 Å². The summed E-state index contributed by atoms with van der Waals surface area (Å²) in [5, 5.41) is 7.74. The molecule has 8 aromatic carbocycles. The fourth-order valence-corrected chi connectivity index (χ4v) is 9.43. The second kappa shape index (κ2) is 9.55. The first-order chi connectivity index (χ1) is 23.4. The summed E-state index contributed by atoms with van der Waals surface area (Å²) in [6.07, 6.45) is 0. The Morgan fingerprint density at radius 1 is 0.333 bits per heavy atom. The van der Waals surface area contributed by atoms with Crippen LogP contribution in [0.25, 0.3) is 76.8 Å². The monoisotopic (exact) mass is 612 g/mol. The molecule has 0 aliphatic heterocycles. The number of benzene rings is 8. The van der Waals surface area contributed by atoms with Gasteiger partial charge in [-0.25, -0.2) is 0 Å². The molecule has 0 saturated heterocycles. The quantitative estimate of drug-likeness (QED) is 0.170. The Morgan fingerprint density at radius 3 is 1.62 bits per heavy atom. The van der Waals surface area contributed by atoms with Gasteiger partial charge in [0.1, 0.15) is 0 Å². The fourth-order valence-electron chi connectivity index (χ4n) is 9.43. The fraction of sp³-hybridized carbons (Fsp3) is 0.125. The third-order valence-electron chi connectivity index (χ3n) is 11.6. The largest absolute Gasteiger partial charge is 0.0619 e. The van der Waals surface area contributed by atoms with Gasteiger partial charge in [-0.15, -0.1) is 0 Å². The van der Waals surface area contributed by atoms with Gasteiger partial charge in [0.25, 0.3) is 0 Å². The standard InChI is InChI=1S/C48H36/c1-47(2)40-23-12-11-21-39(40)45-41(47)27-26-38-32-25-24-30(28-42(32)48(3,4)46(38)45)43-34-17-7-9-19-36(34)44(37-20-10-8-18-35(37)43)33-22-13-15-29-14-5-6-16-31(29)33/h5-28H,1-4H3. The molecule has 0 heteroatoms. The smallest absolute Gasteiger partial charge is 0.0165 e. The van der Waals surface area contributed by atoms with Crippen LogP contribution in [-0.2, 0) is 10.8 Å². The van der Waals surface area contributed by atoms with Gasteiger partial charge in [-0.3, -0.25) is 0 Å². The SMILES string of the molecule is CC1(C)c2ccccc2-c2c1ccc1c2C(C)(C)c2cc(-c3c4ccccc4c(-c4cccc5ccccc45)c4ccccc34)ccc2-1. The molecule has 48 heavy (non-hydrogen) atoms. The Balaban J connectivity index is 1.24. The van der Waals surface area contributed by atoms with Crippen molar-refractivity contribution in [2.24, 2.45) is 0 Å². The summed E-state index contributed by atoms with van der Waals surface area (Å²) in [4.78, 5) is 0. The van der Waals surface area contributed by atoms with E-state index in [0.717, 1.165) is 0 Å². The second-order valence-electron chi connectivity index (χ2n) is 14.8. The van der Waals surface area contributed by atoms with Gasteiger partial charge in [0.15, 0.2) is 0 Å². The molecule has 2 aliphatic carbocycles. The molecule has 2 aliphatic rings. The van der Waals surface area contributed by atoms with E-state index in [2.05, 4.69) is 173 Å². The molecule has 0 spiro atoms. The number of rotatable bonds is 2. The Labute approximate surface area is 282 Å². The highest BCUT2D eigenvalue weighted by atomic mass is 14.5. The molecule has 0 bridgehead atoms. The lowest BCUT2D eigenvalue weighted by molar-refractivity contribution is 0.647. The zero-order chi connectivity index (χ0) is 32.4. The molecule has 10 rings (SSSR count). The van der Waals surface area contributed by atoms with Gasteiger partial charge in [0, 0.05) is 10.8 Å². The Hall–Kier alpha value is -5.46. The van der Waals surface area contributed by atoms with Crippen LogP contribution in [0.2, 0.25) is 0 Å². The first-order valence-electron chi connectivity index (χ1n) is 17.2. The van der Waals surface area contributed by atoms with E-state index < -0.39 is 0 Å². The summed E-state index contributed by atoms with van der Waals surface area (Å²) < 4.78 is 0. The molecule has 0 saturated carbocycles. The summed E-state index contributed by atoms with van der Waals surface area (Å²) in [7, 11) is 0. The van der Waals surface area contributed by atoms with E-state index in [1.54, 1.807) is 0 Å². The topological polar surface area (TPSA) is 0 Å². The van der Waals surface area contributed by atoms with Crippen LogP contribution in [0.3, 0.4) is 0 Å². The molecule has 0 radical (unpaired) electrons. The molecular formula is C48H36. The van der Waals surface area contributed by atoms with Crippen molar-refractivity contribution in [2.45, 2.75) is 38.5 Å². The van der Waals surface area contributed by atoms with Gasteiger partial charge in [0.2, 0.25) is 0 Å². The van der Waals surface area contributed by atoms with E-state index >= 15 is 0 Å². The summed E-state index contributed by atoms with van der Waals surface area (Å²) in [6, 6.07) is 54.7. The lowest BCUT2D eigenvalue weighted by Crippen LogP contribution is -2.18. The Bertz CT molecular complexity index is 2600. The van der Waals surface area contributed by atoms with Crippen LogP contribution >= 0.6 is 0 Å². The number of hydrogen-bond donors (Lipinski definition) is 0. The van der Waals surface area contributed by atoms with E-state index in [-0.39, 0.29) is 10.8 Å². The summed E-state index contributed by atoms with van der Waals surface area (Å²) in [5.41, 5.74) is 16.4. The van der Waals surface area contributed by atoms with Crippen molar-refractivity contribution in [3.05, 3.63) is 168 Å². The minimum absolute atomic E-state index is 0.0133. The van der Waals surface area contributed by atoms with E-state index in [1.165, 1.54) is 99.1 Å². The van der Waals surface area contributed by atoms with Crippen molar-refractivity contribution in [1.82, 2.24) is 0 Å². The Kier molecular flexibility index (Phi) is 5.50. The van der Waals surface area contributed by atoms with Crippen LogP contribution in [0.4, 0.5) is 0 Å². The van der Waals surface area contributed by atoms with E-state index in [4.69, 9.17) is 0 Å². The van der Waals surface area contributed by atoms with Gasteiger partial charge in [0.05, 0.1) is 0 Å². The number of fused-ring (bicyclic) bond motifs is 10. The molecular weight excluding hydrogens is 577 g/mol. The number of hydrogen-bond acceptors (Lipinski definition) is 0. The molecule has 0 aromatic heterocycles. The minimum atomic E-state index is -0.145. The van der Waals surface area contributed by atoms with Crippen LogP contribution in [0.1, 0.15) is 49.9 Å². The van der Waals surface area contributed by atoms with Crippen molar-refractivity contribution in [3.8, 4) is 44.5 Å². The predicted molar refractivity (Wildman–Crippen MR) is 205 cm³/mol. The zero-order valence-corrected chi connectivity index (χ0v) is 27.9. The lowest BCUT2D eigenvalue weighted by atomic mass is 9.76. The first kappa shape index (κ1) is 27.6. The van der Waals surface area contributed by atoms with Crippen molar-refractivity contribution in [3.63, 3.8) is 0 Å². The molecule has 0 atom stereocenters. The maximum Gasteiger partial charge on any atom is 0.0165 e. The highest BCUT2D eigenvalue weighted by Gasteiger charge is 2.44. The molecule has 228 valence electrons. The van der Waals surface area contributed by atoms with Crippen LogP contribution in [-0.4, -0.2) is 0 Å². The third-order valence-corrected chi connectivity index (χ3v) is 11.6. The average Bonchev–Trinajstić information content (AvgIpc) is 3.49. The average molecular weight is 613 g/mol. The van der Waals surface area contributed by atoms with Crippen LogP contribution < -0.4 is 0 Å². The lowest BCUT2D eigenvalue weighted by Gasteiger charge is -2.26. The Morgan fingerprint density at radius 2 is 0.896 bits per heavy atom. The normalized spacial score (nSPS) is 15.0. The highest BCUT2D eigenvalue weighted by Crippen LogP contribution is 2.59. The van der Waals surface area contributed by atoms with Crippen LogP contribution in [0.15, 0.2) is 146 Å². The molecule has 0 unspecified atom stereocenters. The predicted octanol–water partition coefficient (Wildman–Crippen LogP) is 13.1. The van der Waals surface area contributed by atoms with Crippen molar-refractivity contribution in [2.75, 3.05) is 0 Å². The molecule has 0 amide bonds. The molecule has 0 N–H and O–H groups in total. The van der Waals surface area contributed by atoms with Crippen LogP contribution in [0.5, 0.6) is 0 Å². The summed E-state index contributed by atoms with van der Waals surface area (Å²) in [5.74, 6) is 0. The minimum Gasteiger partial charge on any atom is -0.0619 e. The van der Waals surface area contributed by atoms with Gasteiger partial charge in [-0.1, -0.05) is 167 Å². The van der Waals surface area contributed by atoms with Crippen molar-refractivity contribution >= 4 is 32.3 Å². The van der Waals surface area contributed by atoms with Crippen molar-refractivity contribution < 1.29 is 0 Å². The molecule has 0 heterocycles. The summed E-state index contributed by atoms with van der Waals surface area (Å²) in [6.45, 7) is 9.65. The first-order valence-corrected chi connectivity index (χ1v) is 17.2. The molecule has 0 fully saturated rings. The van der Waals surface area contributed by atoms with E-state index in [9.17, 15) is 0 Å². The summed E-state index contributed by atoms with van der Waals surface area (Å²) >= 11 is 0.